The molecule has 0 bridgehead atoms. The Kier molecular flexibility index (Phi) is 7.54. The van der Waals surface area contributed by atoms with Crippen molar-refractivity contribution in [2.24, 2.45) is 5.92 Å². The molecule has 4 aliphatic rings. The quantitative estimate of drug-likeness (QED) is 0.446. The predicted octanol–water partition coefficient (Wildman–Crippen LogP) is 4.78. The molecule has 3 aliphatic heterocycles. The van der Waals surface area contributed by atoms with Gasteiger partial charge in [-0.2, -0.15) is 0 Å². The molecule has 2 aromatic rings. The maximum atomic E-state index is 13.6. The van der Waals surface area contributed by atoms with Gasteiger partial charge in [0.25, 0.3) is 0 Å². The van der Waals surface area contributed by atoms with Gasteiger partial charge in [-0.05, 0) is 60.6 Å². The van der Waals surface area contributed by atoms with E-state index in [4.69, 9.17) is 18.9 Å². The molecule has 1 aliphatic carbocycles. The molecule has 0 aromatic heterocycles. The molecule has 8 heteroatoms. The summed E-state index contributed by atoms with van der Waals surface area (Å²) in [6.07, 6.45) is 5.13. The summed E-state index contributed by atoms with van der Waals surface area (Å²) in [5, 5.41) is 0. The zero-order chi connectivity index (χ0) is 26.0. The molecule has 1 unspecified atom stereocenters. The SMILES string of the molecule is O=C1OC2(CCN(CCC3OCCO3)CC2)C(Cc2ccc(F)cc2)N1Cc1ccc(OCC2CC2)cc1. The summed E-state index contributed by atoms with van der Waals surface area (Å²) < 4.78 is 36.9. The first-order valence-corrected chi connectivity index (χ1v) is 14.0. The standard InChI is InChI=1S/C30H37FN2O5/c31-25-7-3-22(4-8-25)19-27-30(12-15-32(16-13-30)14-11-28-35-17-18-36-28)38-29(34)33(27)20-23-5-9-26(10-6-23)37-21-24-1-2-24/h3-10,24,27-28H,1-2,11-21H2. The number of hydrogen-bond donors (Lipinski definition) is 0. The van der Waals surface area contributed by atoms with Gasteiger partial charge in [0.1, 0.15) is 17.2 Å². The molecule has 7 nitrogen and oxygen atoms in total. The van der Waals surface area contributed by atoms with Gasteiger partial charge < -0.3 is 23.8 Å². The van der Waals surface area contributed by atoms with Crippen LogP contribution in [0.5, 0.6) is 5.75 Å². The fourth-order valence-corrected chi connectivity index (χ4v) is 5.87. The lowest BCUT2D eigenvalue weighted by atomic mass is 9.81. The number of halogens is 1. The van der Waals surface area contributed by atoms with Gasteiger partial charge >= 0.3 is 6.09 Å². The maximum Gasteiger partial charge on any atom is 0.411 e. The normalized spacial score (nSPS) is 23.8. The second-order valence-corrected chi connectivity index (χ2v) is 11.1. The molecule has 38 heavy (non-hydrogen) atoms. The van der Waals surface area contributed by atoms with Crippen LogP contribution < -0.4 is 4.74 Å². The largest absolute Gasteiger partial charge is 0.493 e. The lowest BCUT2D eigenvalue weighted by molar-refractivity contribution is -0.0601. The van der Waals surface area contributed by atoms with Gasteiger partial charge in [0.05, 0.1) is 25.9 Å². The lowest BCUT2D eigenvalue weighted by Gasteiger charge is -2.42. The fraction of sp³-hybridized carbons (Fsp3) is 0.567. The van der Waals surface area contributed by atoms with Crippen molar-refractivity contribution >= 4 is 6.09 Å². The van der Waals surface area contributed by atoms with Crippen LogP contribution in [0.25, 0.3) is 0 Å². The van der Waals surface area contributed by atoms with Gasteiger partial charge in [-0.15, -0.1) is 0 Å². The maximum absolute atomic E-state index is 13.6. The minimum absolute atomic E-state index is 0.109. The van der Waals surface area contributed by atoms with Crippen molar-refractivity contribution in [2.75, 3.05) is 39.5 Å². The van der Waals surface area contributed by atoms with Gasteiger partial charge in [-0.25, -0.2) is 9.18 Å². The number of nitrogens with zero attached hydrogens (tertiary/aromatic N) is 2. The van der Waals surface area contributed by atoms with Crippen LogP contribution in [0.3, 0.4) is 0 Å². The molecule has 0 radical (unpaired) electrons. The Morgan fingerprint density at radius 2 is 1.63 bits per heavy atom. The van der Waals surface area contributed by atoms with E-state index in [2.05, 4.69) is 4.90 Å². The highest BCUT2D eigenvalue weighted by Crippen LogP contribution is 2.41. The molecule has 1 spiro atoms. The van der Waals surface area contributed by atoms with Crippen molar-refractivity contribution in [1.82, 2.24) is 9.80 Å². The average Bonchev–Trinajstić information content (AvgIpc) is 3.56. The minimum atomic E-state index is -0.560. The Balaban J connectivity index is 1.14. The van der Waals surface area contributed by atoms with E-state index in [1.165, 1.54) is 25.0 Å². The van der Waals surface area contributed by atoms with Gasteiger partial charge in [-0.3, -0.25) is 4.90 Å². The average molecular weight is 525 g/mol. The summed E-state index contributed by atoms with van der Waals surface area (Å²) in [5.41, 5.74) is 1.48. The second kappa shape index (κ2) is 11.2. The van der Waals surface area contributed by atoms with Crippen LogP contribution in [0, 0.1) is 11.7 Å². The number of ether oxygens (including phenoxy) is 4. The van der Waals surface area contributed by atoms with Crippen molar-refractivity contribution in [3.8, 4) is 5.75 Å². The molecule has 0 N–H and O–H groups in total. The van der Waals surface area contributed by atoms with Crippen molar-refractivity contribution in [3.05, 3.63) is 65.5 Å². The monoisotopic (exact) mass is 524 g/mol. The molecular formula is C30H37FN2O5. The van der Waals surface area contributed by atoms with Crippen LogP contribution in [0.4, 0.5) is 9.18 Å². The molecule has 1 amide bonds. The molecule has 6 rings (SSSR count). The third-order valence-corrected chi connectivity index (χ3v) is 8.38. The van der Waals surface area contributed by atoms with Crippen molar-refractivity contribution in [3.63, 3.8) is 0 Å². The first-order valence-electron chi connectivity index (χ1n) is 14.0. The molecule has 3 saturated heterocycles. The highest BCUT2D eigenvalue weighted by molar-refractivity contribution is 5.72. The number of carbonyl (C=O) groups excluding carboxylic acids is 1. The molecule has 3 heterocycles. The number of benzene rings is 2. The summed E-state index contributed by atoms with van der Waals surface area (Å²) in [6, 6.07) is 14.5. The number of hydrogen-bond acceptors (Lipinski definition) is 6. The van der Waals surface area contributed by atoms with Crippen LogP contribution in [0.1, 0.15) is 43.2 Å². The molecule has 1 saturated carbocycles. The number of likely N-dealkylation sites (tertiary alicyclic amines) is 1. The summed E-state index contributed by atoms with van der Waals surface area (Å²) in [7, 11) is 0. The molecule has 1 atom stereocenters. The van der Waals surface area contributed by atoms with E-state index in [9.17, 15) is 9.18 Å². The molecule has 204 valence electrons. The summed E-state index contributed by atoms with van der Waals surface area (Å²) >= 11 is 0. The highest BCUT2D eigenvalue weighted by atomic mass is 19.1. The van der Waals surface area contributed by atoms with Crippen molar-refractivity contribution in [2.45, 2.75) is 63.0 Å². The van der Waals surface area contributed by atoms with E-state index in [1.807, 2.05) is 41.3 Å². The number of rotatable bonds is 10. The van der Waals surface area contributed by atoms with E-state index < -0.39 is 5.60 Å². The van der Waals surface area contributed by atoms with Crippen LogP contribution >= 0.6 is 0 Å². The van der Waals surface area contributed by atoms with Crippen LogP contribution in [0.2, 0.25) is 0 Å². The van der Waals surface area contributed by atoms with E-state index in [0.29, 0.717) is 32.1 Å². The van der Waals surface area contributed by atoms with Crippen molar-refractivity contribution < 1.29 is 28.1 Å². The fourth-order valence-electron chi connectivity index (χ4n) is 5.87. The molecular weight excluding hydrogens is 487 g/mol. The predicted molar refractivity (Wildman–Crippen MR) is 139 cm³/mol. The van der Waals surface area contributed by atoms with Crippen molar-refractivity contribution in [1.29, 1.82) is 0 Å². The van der Waals surface area contributed by atoms with E-state index in [1.54, 1.807) is 0 Å². The number of carbonyl (C=O) groups is 1. The van der Waals surface area contributed by atoms with Gasteiger partial charge in [0, 0.05) is 45.4 Å². The Bertz CT molecular complexity index is 1080. The van der Waals surface area contributed by atoms with Gasteiger partial charge in [0.2, 0.25) is 0 Å². The molecule has 2 aromatic carbocycles. The third kappa shape index (κ3) is 5.98. The lowest BCUT2D eigenvalue weighted by Crippen LogP contribution is -2.53. The summed E-state index contributed by atoms with van der Waals surface area (Å²) in [5.74, 6) is 1.31. The van der Waals surface area contributed by atoms with Gasteiger partial charge in [-0.1, -0.05) is 24.3 Å². The van der Waals surface area contributed by atoms with E-state index in [-0.39, 0.29) is 24.2 Å². The minimum Gasteiger partial charge on any atom is -0.493 e. The Hall–Kier alpha value is -2.68. The first-order chi connectivity index (χ1) is 18.6. The number of piperidine rings is 1. The Morgan fingerprint density at radius 1 is 0.947 bits per heavy atom. The van der Waals surface area contributed by atoms with Gasteiger partial charge in [0.15, 0.2) is 6.29 Å². The summed E-state index contributed by atoms with van der Waals surface area (Å²) in [6.45, 7) is 5.17. The topological polar surface area (TPSA) is 60.5 Å². The highest BCUT2D eigenvalue weighted by Gasteiger charge is 2.54. The van der Waals surface area contributed by atoms with Crippen LogP contribution in [-0.4, -0.2) is 73.3 Å². The Morgan fingerprint density at radius 3 is 2.32 bits per heavy atom. The van der Waals surface area contributed by atoms with E-state index >= 15 is 0 Å². The zero-order valence-electron chi connectivity index (χ0n) is 21.9. The van der Waals surface area contributed by atoms with Crippen LogP contribution in [0.15, 0.2) is 48.5 Å². The first kappa shape index (κ1) is 25.6. The Labute approximate surface area is 223 Å². The third-order valence-electron chi connectivity index (χ3n) is 8.38. The number of amides is 1. The van der Waals surface area contributed by atoms with E-state index in [0.717, 1.165) is 62.4 Å². The molecule has 4 fully saturated rings. The van der Waals surface area contributed by atoms with Crippen LogP contribution in [-0.2, 0) is 27.2 Å². The second-order valence-electron chi connectivity index (χ2n) is 11.1. The smallest absolute Gasteiger partial charge is 0.411 e. The summed E-state index contributed by atoms with van der Waals surface area (Å²) in [4.78, 5) is 17.6. The zero-order valence-corrected chi connectivity index (χ0v) is 21.9.